The molecule has 1 aromatic carbocycles. The number of hydrogen-bond donors (Lipinski definition) is 1. The number of benzene rings is 1. The van der Waals surface area contributed by atoms with Gasteiger partial charge in [-0.05, 0) is 67.2 Å². The molecule has 0 radical (unpaired) electrons. The summed E-state index contributed by atoms with van der Waals surface area (Å²) >= 11 is 0. The fourth-order valence-electron chi connectivity index (χ4n) is 4.89. The van der Waals surface area contributed by atoms with Crippen LogP contribution in [-0.2, 0) is 5.41 Å². The van der Waals surface area contributed by atoms with E-state index in [9.17, 15) is 0 Å². The number of aryl methyl sites for hydroxylation is 2. The molecule has 2 aromatic rings. The topological polar surface area (TPSA) is 15.8 Å². The molecule has 0 aliphatic heterocycles. The quantitative estimate of drug-likeness (QED) is 0.672. The van der Waals surface area contributed by atoms with Crippen molar-refractivity contribution in [3.63, 3.8) is 0 Å². The summed E-state index contributed by atoms with van der Waals surface area (Å²) in [5.41, 5.74) is 8.03. The summed E-state index contributed by atoms with van der Waals surface area (Å²) < 4.78 is 0. The molecule has 1 unspecified atom stereocenters. The van der Waals surface area contributed by atoms with Gasteiger partial charge in [0.1, 0.15) is 0 Å². The van der Waals surface area contributed by atoms with Gasteiger partial charge >= 0.3 is 0 Å². The van der Waals surface area contributed by atoms with Gasteiger partial charge < -0.3 is 4.98 Å². The Labute approximate surface area is 115 Å². The lowest BCUT2D eigenvalue weighted by molar-refractivity contribution is 0.417. The summed E-state index contributed by atoms with van der Waals surface area (Å²) in [6.45, 7) is 6.88. The highest BCUT2D eigenvalue weighted by molar-refractivity contribution is 5.89. The van der Waals surface area contributed by atoms with Crippen LogP contribution in [0.1, 0.15) is 67.3 Å². The zero-order valence-electron chi connectivity index (χ0n) is 12.3. The Morgan fingerprint density at radius 1 is 1.16 bits per heavy atom. The highest BCUT2D eigenvalue weighted by Gasteiger charge is 2.44. The number of nitrogens with one attached hydrogen (secondary N) is 1. The fourth-order valence-corrected chi connectivity index (χ4v) is 4.89. The summed E-state index contributed by atoms with van der Waals surface area (Å²) in [4.78, 5) is 3.64. The van der Waals surface area contributed by atoms with Gasteiger partial charge in [0.15, 0.2) is 0 Å². The molecule has 2 aliphatic rings. The van der Waals surface area contributed by atoms with Crippen molar-refractivity contribution >= 4 is 10.9 Å². The number of H-pyrrole nitrogens is 1. The Morgan fingerprint density at radius 3 is 2.63 bits per heavy atom. The molecule has 2 aliphatic carbocycles. The summed E-state index contributed by atoms with van der Waals surface area (Å²) in [7, 11) is 0. The Morgan fingerprint density at radius 2 is 1.89 bits per heavy atom. The first-order valence-corrected chi connectivity index (χ1v) is 7.74. The van der Waals surface area contributed by atoms with Gasteiger partial charge in [-0.15, -0.1) is 0 Å². The van der Waals surface area contributed by atoms with Crippen molar-refractivity contribution in [2.45, 2.75) is 64.2 Å². The highest BCUT2D eigenvalue weighted by Crippen LogP contribution is 2.56. The Balaban J connectivity index is 2.06. The van der Waals surface area contributed by atoms with Crippen LogP contribution in [0.25, 0.3) is 10.9 Å². The maximum absolute atomic E-state index is 3.64. The first-order valence-electron chi connectivity index (χ1n) is 7.74. The van der Waals surface area contributed by atoms with E-state index in [1.807, 2.05) is 0 Å². The third-order valence-electron chi connectivity index (χ3n) is 5.62. The van der Waals surface area contributed by atoms with Crippen LogP contribution in [0.4, 0.5) is 0 Å². The predicted molar refractivity (Wildman–Crippen MR) is 81.0 cm³/mol. The fraction of sp³-hybridized carbons (Fsp3) is 0.556. The van der Waals surface area contributed by atoms with E-state index in [0.29, 0.717) is 11.3 Å². The number of aromatic amines is 1. The van der Waals surface area contributed by atoms with E-state index in [1.165, 1.54) is 54.3 Å². The standard InChI is InChI=1S/C18H23N/c1-11-8-15-16(17-14(11)9-13(3)19-17)12(2)10-18(15)6-4-5-7-18/h8-9,12,19H,4-7,10H2,1-3H3. The van der Waals surface area contributed by atoms with Crippen LogP contribution in [0.15, 0.2) is 12.1 Å². The Kier molecular flexibility index (Phi) is 2.23. The van der Waals surface area contributed by atoms with Crippen LogP contribution in [0, 0.1) is 13.8 Å². The smallest absolute Gasteiger partial charge is 0.0496 e. The molecule has 1 fully saturated rings. The van der Waals surface area contributed by atoms with Crippen molar-refractivity contribution in [1.29, 1.82) is 0 Å². The number of aromatic nitrogens is 1. The van der Waals surface area contributed by atoms with Crippen LogP contribution < -0.4 is 0 Å². The zero-order valence-corrected chi connectivity index (χ0v) is 12.3. The molecule has 1 saturated carbocycles. The molecule has 0 bridgehead atoms. The molecular formula is C18H23N. The summed E-state index contributed by atoms with van der Waals surface area (Å²) in [6, 6.07) is 4.83. The lowest BCUT2D eigenvalue weighted by atomic mass is 9.79. The first-order chi connectivity index (χ1) is 9.11. The highest BCUT2D eigenvalue weighted by atomic mass is 14.7. The number of fused-ring (bicyclic) bond motifs is 4. The maximum atomic E-state index is 3.64. The number of hydrogen-bond acceptors (Lipinski definition) is 0. The lowest BCUT2D eigenvalue weighted by Crippen LogP contribution is -2.18. The van der Waals surface area contributed by atoms with Gasteiger partial charge in [0, 0.05) is 16.6 Å². The summed E-state index contributed by atoms with van der Waals surface area (Å²) in [5.74, 6) is 0.717. The molecule has 100 valence electrons. The minimum atomic E-state index is 0.521. The van der Waals surface area contributed by atoms with Crippen LogP contribution in [0.3, 0.4) is 0 Å². The number of rotatable bonds is 0. The van der Waals surface area contributed by atoms with Gasteiger partial charge in [0.05, 0.1) is 0 Å². The monoisotopic (exact) mass is 253 g/mol. The van der Waals surface area contributed by atoms with Gasteiger partial charge in [-0.3, -0.25) is 0 Å². The largest absolute Gasteiger partial charge is 0.358 e. The van der Waals surface area contributed by atoms with E-state index in [0.717, 1.165) is 0 Å². The van der Waals surface area contributed by atoms with Gasteiger partial charge in [-0.2, -0.15) is 0 Å². The average Bonchev–Trinajstić information content (AvgIpc) is 3.01. The predicted octanol–water partition coefficient (Wildman–Crippen LogP) is 5.10. The van der Waals surface area contributed by atoms with E-state index >= 15 is 0 Å². The summed E-state index contributed by atoms with van der Waals surface area (Å²) in [5, 5.41) is 1.44. The summed E-state index contributed by atoms with van der Waals surface area (Å²) in [6.07, 6.45) is 7.04. The molecule has 0 saturated heterocycles. The molecule has 0 amide bonds. The molecule has 1 nitrogen and oxygen atoms in total. The second kappa shape index (κ2) is 3.65. The SMILES string of the molecule is Cc1cc2c(C)cc3c(c2[nH]1)C(C)CC31CCCC1. The lowest BCUT2D eigenvalue weighted by Gasteiger charge is -2.25. The molecule has 1 aromatic heterocycles. The van der Waals surface area contributed by atoms with Crippen LogP contribution >= 0.6 is 0 Å². The second-order valence-electron chi connectivity index (χ2n) is 6.99. The van der Waals surface area contributed by atoms with E-state index in [-0.39, 0.29) is 0 Å². The van der Waals surface area contributed by atoms with E-state index in [2.05, 4.69) is 37.9 Å². The third-order valence-corrected chi connectivity index (χ3v) is 5.62. The molecule has 1 spiro atoms. The van der Waals surface area contributed by atoms with Crippen LogP contribution in [0.5, 0.6) is 0 Å². The minimum absolute atomic E-state index is 0.521. The molecule has 19 heavy (non-hydrogen) atoms. The third kappa shape index (κ3) is 1.42. The maximum Gasteiger partial charge on any atom is 0.0496 e. The van der Waals surface area contributed by atoms with Crippen molar-refractivity contribution in [2.75, 3.05) is 0 Å². The zero-order chi connectivity index (χ0) is 13.2. The molecule has 4 rings (SSSR count). The molecule has 1 heterocycles. The first kappa shape index (κ1) is 11.6. The Bertz CT molecular complexity index is 656. The van der Waals surface area contributed by atoms with Crippen LogP contribution in [-0.4, -0.2) is 4.98 Å². The molecule has 1 N–H and O–H groups in total. The molecule has 1 atom stereocenters. The van der Waals surface area contributed by atoms with E-state index in [4.69, 9.17) is 0 Å². The second-order valence-corrected chi connectivity index (χ2v) is 6.99. The van der Waals surface area contributed by atoms with Gasteiger partial charge in [-0.1, -0.05) is 25.8 Å². The van der Waals surface area contributed by atoms with Gasteiger partial charge in [-0.25, -0.2) is 0 Å². The van der Waals surface area contributed by atoms with E-state index in [1.54, 1.807) is 11.1 Å². The molecular weight excluding hydrogens is 230 g/mol. The average molecular weight is 253 g/mol. The van der Waals surface area contributed by atoms with Gasteiger partial charge in [0.2, 0.25) is 0 Å². The molecule has 1 heteroatoms. The normalized spacial score (nSPS) is 24.5. The van der Waals surface area contributed by atoms with Crippen molar-refractivity contribution in [3.8, 4) is 0 Å². The van der Waals surface area contributed by atoms with Gasteiger partial charge in [0.25, 0.3) is 0 Å². The van der Waals surface area contributed by atoms with Crippen molar-refractivity contribution in [2.24, 2.45) is 0 Å². The minimum Gasteiger partial charge on any atom is -0.358 e. The van der Waals surface area contributed by atoms with E-state index < -0.39 is 0 Å². The van der Waals surface area contributed by atoms with Crippen molar-refractivity contribution in [3.05, 3.63) is 34.5 Å². The van der Waals surface area contributed by atoms with Crippen LogP contribution in [0.2, 0.25) is 0 Å². The van der Waals surface area contributed by atoms with Crippen molar-refractivity contribution < 1.29 is 0 Å². The Hall–Kier alpha value is -1.24. The van der Waals surface area contributed by atoms with Crippen molar-refractivity contribution in [1.82, 2.24) is 4.98 Å².